The van der Waals surface area contributed by atoms with Gasteiger partial charge in [-0.15, -0.1) is 11.3 Å². The monoisotopic (exact) mass is 380 g/mol. The molecule has 0 aliphatic rings. The summed E-state index contributed by atoms with van der Waals surface area (Å²) in [6.45, 7) is 0.465. The van der Waals surface area contributed by atoms with Crippen molar-refractivity contribution in [3.05, 3.63) is 88.1 Å². The first-order valence-corrected chi connectivity index (χ1v) is 9.48. The molecule has 6 heteroatoms. The number of carboxylic acids is 1. The van der Waals surface area contributed by atoms with E-state index in [0.717, 1.165) is 17.8 Å². The van der Waals surface area contributed by atoms with Crippen LogP contribution in [0.3, 0.4) is 0 Å². The highest BCUT2D eigenvalue weighted by molar-refractivity contribution is 7.12. The van der Waals surface area contributed by atoms with Crippen LogP contribution in [0.4, 0.5) is 10.5 Å². The molecular weight excluding hydrogens is 360 g/mol. The minimum atomic E-state index is -1.05. The average molecular weight is 380 g/mol. The van der Waals surface area contributed by atoms with Crippen LogP contribution in [0, 0.1) is 0 Å². The second-order valence-corrected chi connectivity index (χ2v) is 6.93. The molecule has 0 atom stereocenters. The topological polar surface area (TPSA) is 78.4 Å². The first-order valence-electron chi connectivity index (χ1n) is 8.60. The number of carbonyl (C=O) groups is 2. The Kier molecular flexibility index (Phi) is 6.22. The van der Waals surface area contributed by atoms with Gasteiger partial charge in [0.1, 0.15) is 4.88 Å². The van der Waals surface area contributed by atoms with Crippen molar-refractivity contribution in [3.63, 3.8) is 0 Å². The number of urea groups is 1. The van der Waals surface area contributed by atoms with Crippen LogP contribution in [0.2, 0.25) is 0 Å². The van der Waals surface area contributed by atoms with Crippen molar-refractivity contribution < 1.29 is 14.7 Å². The van der Waals surface area contributed by atoms with Crippen LogP contribution in [0.1, 0.15) is 33.1 Å². The molecule has 0 spiro atoms. The quantitative estimate of drug-likeness (QED) is 0.551. The lowest BCUT2D eigenvalue weighted by atomic mass is 9.88. The number of carbonyl (C=O) groups excluding carboxylic acids is 1. The van der Waals surface area contributed by atoms with Gasteiger partial charge in [-0.05, 0) is 29.0 Å². The molecule has 1 aromatic heterocycles. The van der Waals surface area contributed by atoms with Crippen molar-refractivity contribution in [2.24, 2.45) is 0 Å². The van der Waals surface area contributed by atoms with Crippen molar-refractivity contribution in [1.29, 1.82) is 0 Å². The molecule has 0 saturated carbocycles. The Morgan fingerprint density at radius 2 is 1.52 bits per heavy atom. The maximum atomic E-state index is 12.1. The van der Waals surface area contributed by atoms with E-state index in [-0.39, 0.29) is 10.8 Å². The molecule has 2 amide bonds. The number of hydrogen-bond donors (Lipinski definition) is 3. The molecule has 2 aromatic carbocycles. The summed E-state index contributed by atoms with van der Waals surface area (Å²) in [5, 5.41) is 16.2. The second kappa shape index (κ2) is 9.00. The fourth-order valence-electron chi connectivity index (χ4n) is 2.97. The molecule has 0 bridgehead atoms. The number of rotatable bonds is 7. The zero-order chi connectivity index (χ0) is 19.1. The summed E-state index contributed by atoms with van der Waals surface area (Å²) < 4.78 is 0. The first kappa shape index (κ1) is 18.7. The molecule has 3 rings (SSSR count). The van der Waals surface area contributed by atoms with Crippen LogP contribution in [-0.4, -0.2) is 23.7 Å². The average Bonchev–Trinajstić information content (AvgIpc) is 3.15. The Bertz CT molecular complexity index is 855. The van der Waals surface area contributed by atoms with E-state index in [1.807, 2.05) is 36.4 Å². The molecular formula is C21H20N2O3S. The predicted octanol–water partition coefficient (Wildman–Crippen LogP) is 4.79. The van der Waals surface area contributed by atoms with Crippen LogP contribution in [0.5, 0.6) is 0 Å². The smallest absolute Gasteiger partial charge is 0.348 e. The van der Waals surface area contributed by atoms with Gasteiger partial charge in [-0.1, -0.05) is 60.7 Å². The molecule has 0 aliphatic carbocycles. The fraction of sp³-hybridized carbons (Fsp3) is 0.143. The zero-order valence-electron chi connectivity index (χ0n) is 14.6. The molecule has 3 aromatic rings. The normalized spacial score (nSPS) is 10.6. The number of anilines is 1. The molecule has 1 heterocycles. The zero-order valence-corrected chi connectivity index (χ0v) is 15.4. The Balaban J connectivity index is 1.62. The van der Waals surface area contributed by atoms with E-state index in [1.165, 1.54) is 11.1 Å². The summed E-state index contributed by atoms with van der Waals surface area (Å²) in [4.78, 5) is 23.4. The molecule has 0 aliphatic heterocycles. The summed E-state index contributed by atoms with van der Waals surface area (Å²) in [7, 11) is 0. The minimum absolute atomic E-state index is 0.122. The van der Waals surface area contributed by atoms with Crippen LogP contribution in [0.15, 0.2) is 72.1 Å². The fourth-order valence-corrected chi connectivity index (χ4v) is 3.65. The number of benzene rings is 2. The Morgan fingerprint density at radius 3 is 2.07 bits per heavy atom. The maximum absolute atomic E-state index is 12.1. The lowest BCUT2D eigenvalue weighted by Gasteiger charge is -2.18. The van der Waals surface area contributed by atoms with Crippen molar-refractivity contribution in [3.8, 4) is 0 Å². The van der Waals surface area contributed by atoms with Crippen LogP contribution in [0.25, 0.3) is 0 Å². The highest BCUT2D eigenvalue weighted by atomic mass is 32.1. The molecule has 3 N–H and O–H groups in total. The molecule has 0 saturated heterocycles. The molecule has 0 fully saturated rings. The molecule has 27 heavy (non-hydrogen) atoms. The van der Waals surface area contributed by atoms with Gasteiger partial charge in [-0.25, -0.2) is 9.59 Å². The van der Waals surface area contributed by atoms with Gasteiger partial charge < -0.3 is 15.7 Å². The number of aromatic carboxylic acids is 1. The number of carboxylic acid groups (broad SMARTS) is 1. The van der Waals surface area contributed by atoms with E-state index in [4.69, 9.17) is 5.11 Å². The Labute approximate surface area is 161 Å². The third-order valence-corrected chi connectivity index (χ3v) is 5.13. The van der Waals surface area contributed by atoms with Gasteiger partial charge in [-0.3, -0.25) is 0 Å². The molecule has 0 unspecified atom stereocenters. The highest BCUT2D eigenvalue weighted by Crippen LogP contribution is 2.27. The van der Waals surface area contributed by atoms with Gasteiger partial charge in [0.25, 0.3) is 0 Å². The van der Waals surface area contributed by atoms with Crippen molar-refractivity contribution in [2.45, 2.75) is 12.3 Å². The number of amides is 2. The number of hydrogen-bond acceptors (Lipinski definition) is 3. The van der Waals surface area contributed by atoms with Crippen molar-refractivity contribution >= 4 is 29.0 Å². The summed E-state index contributed by atoms with van der Waals surface area (Å²) >= 11 is 1.08. The SMILES string of the molecule is O=C(NCCC(c1ccccc1)c1ccccc1)Nc1ccsc1C(=O)O. The van der Waals surface area contributed by atoms with E-state index >= 15 is 0 Å². The minimum Gasteiger partial charge on any atom is -0.477 e. The number of thiophene rings is 1. The van der Waals surface area contributed by atoms with Crippen molar-refractivity contribution in [1.82, 2.24) is 5.32 Å². The van der Waals surface area contributed by atoms with Gasteiger partial charge in [0, 0.05) is 12.5 Å². The molecule has 5 nitrogen and oxygen atoms in total. The summed E-state index contributed by atoms with van der Waals surface area (Å²) in [5.41, 5.74) is 2.70. The van der Waals surface area contributed by atoms with Gasteiger partial charge in [-0.2, -0.15) is 0 Å². The summed E-state index contributed by atoms with van der Waals surface area (Å²) in [6.07, 6.45) is 0.733. The number of nitrogens with one attached hydrogen (secondary N) is 2. The second-order valence-electron chi connectivity index (χ2n) is 6.01. The van der Waals surface area contributed by atoms with Gasteiger partial charge >= 0.3 is 12.0 Å². The maximum Gasteiger partial charge on any atom is 0.348 e. The summed E-state index contributed by atoms with van der Waals surface area (Å²) in [5.74, 6) is -0.878. The lowest BCUT2D eigenvalue weighted by Crippen LogP contribution is -2.30. The van der Waals surface area contributed by atoms with E-state index in [0.29, 0.717) is 12.2 Å². The molecule has 0 radical (unpaired) electrons. The third-order valence-electron chi connectivity index (χ3n) is 4.23. The van der Waals surface area contributed by atoms with Gasteiger partial charge in [0.05, 0.1) is 5.69 Å². The van der Waals surface area contributed by atoms with E-state index in [2.05, 4.69) is 34.9 Å². The predicted molar refractivity (Wildman–Crippen MR) is 108 cm³/mol. The van der Waals surface area contributed by atoms with E-state index < -0.39 is 12.0 Å². The lowest BCUT2D eigenvalue weighted by molar-refractivity contribution is 0.0703. The highest BCUT2D eigenvalue weighted by Gasteiger charge is 2.16. The Morgan fingerprint density at radius 1 is 0.926 bits per heavy atom. The van der Waals surface area contributed by atoms with Gasteiger partial charge in [0.15, 0.2) is 0 Å². The molecule has 138 valence electrons. The summed E-state index contributed by atoms with van der Waals surface area (Å²) in [6, 6.07) is 21.5. The van der Waals surface area contributed by atoms with Gasteiger partial charge in [0.2, 0.25) is 0 Å². The van der Waals surface area contributed by atoms with Crippen molar-refractivity contribution in [2.75, 3.05) is 11.9 Å². The first-order chi connectivity index (χ1) is 13.1. The van der Waals surface area contributed by atoms with Crippen LogP contribution < -0.4 is 10.6 Å². The Hall–Kier alpha value is -3.12. The third kappa shape index (κ3) is 4.95. The van der Waals surface area contributed by atoms with Crippen LogP contribution in [-0.2, 0) is 0 Å². The van der Waals surface area contributed by atoms with E-state index in [9.17, 15) is 9.59 Å². The van der Waals surface area contributed by atoms with E-state index in [1.54, 1.807) is 11.4 Å². The van der Waals surface area contributed by atoms with Crippen LogP contribution >= 0.6 is 11.3 Å². The largest absolute Gasteiger partial charge is 0.477 e. The standard InChI is InChI=1S/C21H20N2O3S/c24-20(25)19-18(12-14-27-19)23-21(26)22-13-11-17(15-7-3-1-4-8-15)16-9-5-2-6-10-16/h1-10,12,14,17H,11,13H2,(H,24,25)(H2,22,23,26).